The third-order valence-electron chi connectivity index (χ3n) is 3.55. The van der Waals surface area contributed by atoms with Crippen LogP contribution < -0.4 is 5.73 Å². The van der Waals surface area contributed by atoms with Gasteiger partial charge in [0.2, 0.25) is 5.82 Å². The Morgan fingerprint density at radius 2 is 2.09 bits per heavy atom. The molecule has 0 saturated carbocycles. The number of carbonyl (C=O) groups is 1. The van der Waals surface area contributed by atoms with Crippen LogP contribution in [0.2, 0.25) is 0 Å². The third kappa shape index (κ3) is 2.71. The van der Waals surface area contributed by atoms with Gasteiger partial charge in [0, 0.05) is 6.42 Å². The number of rotatable bonds is 4. The van der Waals surface area contributed by atoms with Gasteiger partial charge in [-0.25, -0.2) is 9.67 Å². The Hall–Kier alpha value is -2.29. The van der Waals surface area contributed by atoms with E-state index in [0.717, 1.165) is 5.56 Å². The molecule has 1 aliphatic heterocycles. The maximum absolute atomic E-state index is 11.0. The van der Waals surface area contributed by atoms with E-state index >= 15 is 0 Å². The molecule has 1 aromatic heterocycles. The molecule has 1 aliphatic rings. The molecule has 4 atom stereocenters. The Labute approximate surface area is 126 Å². The van der Waals surface area contributed by atoms with Crippen LogP contribution in [-0.2, 0) is 11.2 Å². The Morgan fingerprint density at radius 1 is 1.36 bits per heavy atom. The Morgan fingerprint density at radius 3 is 2.73 bits per heavy atom. The standard InChI is InChI=1S/C14H15N4O4/c15-12(21)13-16-7-18(17-13)14-11(20)10(19)9(22-14)6-8-4-2-1-3-5-8/h2-5,7,9-11,14,19-20H,6H2,(H2,15,21)/t9-,10+,11-,14-/m1/s1. The van der Waals surface area contributed by atoms with Crippen molar-refractivity contribution < 1.29 is 19.7 Å². The average molecular weight is 303 g/mol. The lowest BCUT2D eigenvalue weighted by Crippen LogP contribution is -2.32. The Kier molecular flexibility index (Phi) is 3.88. The van der Waals surface area contributed by atoms with Crippen LogP contribution in [0.4, 0.5) is 0 Å². The first-order valence-electron chi connectivity index (χ1n) is 6.74. The van der Waals surface area contributed by atoms with Crippen LogP contribution in [0, 0.1) is 6.07 Å². The molecular weight excluding hydrogens is 288 g/mol. The first-order valence-corrected chi connectivity index (χ1v) is 6.74. The number of ether oxygens (including phenoxy) is 1. The van der Waals surface area contributed by atoms with Crippen molar-refractivity contribution in [3.05, 3.63) is 48.0 Å². The van der Waals surface area contributed by atoms with E-state index in [1.165, 1.54) is 11.0 Å². The van der Waals surface area contributed by atoms with E-state index in [2.05, 4.69) is 16.1 Å². The van der Waals surface area contributed by atoms with Crippen LogP contribution in [-0.4, -0.2) is 49.2 Å². The summed E-state index contributed by atoms with van der Waals surface area (Å²) in [4.78, 5) is 14.7. The number of aromatic nitrogens is 3. The van der Waals surface area contributed by atoms with Crippen molar-refractivity contribution in [1.82, 2.24) is 14.8 Å². The summed E-state index contributed by atoms with van der Waals surface area (Å²) in [5.41, 5.74) is 6.04. The van der Waals surface area contributed by atoms with Crippen molar-refractivity contribution in [2.45, 2.75) is 31.0 Å². The fourth-order valence-corrected chi connectivity index (χ4v) is 2.42. The van der Waals surface area contributed by atoms with Crippen LogP contribution in [0.25, 0.3) is 0 Å². The maximum Gasteiger partial charge on any atom is 0.288 e. The molecule has 8 nitrogen and oxygen atoms in total. The molecule has 8 heteroatoms. The summed E-state index contributed by atoms with van der Waals surface area (Å²) in [5, 5.41) is 24.1. The molecule has 2 aromatic rings. The van der Waals surface area contributed by atoms with Crippen LogP contribution in [0.3, 0.4) is 0 Å². The fourth-order valence-electron chi connectivity index (χ4n) is 2.42. The van der Waals surface area contributed by atoms with Gasteiger partial charge in [-0.3, -0.25) is 4.79 Å². The van der Waals surface area contributed by atoms with E-state index in [-0.39, 0.29) is 5.82 Å². The van der Waals surface area contributed by atoms with Gasteiger partial charge in [0.15, 0.2) is 6.23 Å². The van der Waals surface area contributed by atoms with Gasteiger partial charge >= 0.3 is 0 Å². The summed E-state index contributed by atoms with van der Waals surface area (Å²) in [6.45, 7) is 0. The second-order valence-corrected chi connectivity index (χ2v) is 5.07. The zero-order valence-electron chi connectivity index (χ0n) is 11.5. The topological polar surface area (TPSA) is 123 Å². The van der Waals surface area contributed by atoms with E-state index in [1.807, 2.05) is 12.1 Å². The molecule has 22 heavy (non-hydrogen) atoms. The zero-order chi connectivity index (χ0) is 15.7. The lowest BCUT2D eigenvalue weighted by Gasteiger charge is -2.14. The Bertz CT molecular complexity index is 660. The van der Waals surface area contributed by atoms with Gasteiger partial charge in [0.05, 0.1) is 6.10 Å². The molecule has 1 saturated heterocycles. The van der Waals surface area contributed by atoms with E-state index < -0.39 is 30.4 Å². The number of aliphatic hydroxyl groups is 2. The van der Waals surface area contributed by atoms with Gasteiger partial charge in [-0.2, -0.15) is 0 Å². The van der Waals surface area contributed by atoms with Gasteiger partial charge in [-0.15, -0.1) is 5.10 Å². The van der Waals surface area contributed by atoms with Crippen LogP contribution in [0.1, 0.15) is 22.4 Å². The highest BCUT2D eigenvalue weighted by Gasteiger charge is 2.44. The van der Waals surface area contributed by atoms with Crippen molar-refractivity contribution in [2.75, 3.05) is 0 Å². The molecule has 4 N–H and O–H groups in total. The van der Waals surface area contributed by atoms with Gasteiger partial charge < -0.3 is 20.7 Å². The SMILES string of the molecule is NC(=O)c1ncn([C@@H]2O[C@H](Cc3cc[c]cc3)[C@H](O)[C@H]2O)n1. The number of hydrogen-bond acceptors (Lipinski definition) is 6. The van der Waals surface area contributed by atoms with Crippen molar-refractivity contribution in [2.24, 2.45) is 5.73 Å². The summed E-state index contributed by atoms with van der Waals surface area (Å²) in [6.07, 6.45) is -2.10. The monoisotopic (exact) mass is 303 g/mol. The van der Waals surface area contributed by atoms with Crippen molar-refractivity contribution in [3.8, 4) is 0 Å². The predicted molar refractivity (Wildman–Crippen MR) is 73.4 cm³/mol. The summed E-state index contributed by atoms with van der Waals surface area (Å²) in [5.74, 6) is -0.948. The molecule has 3 rings (SSSR count). The maximum atomic E-state index is 11.0. The number of aliphatic hydroxyl groups excluding tert-OH is 2. The minimum atomic E-state index is -1.18. The lowest BCUT2D eigenvalue weighted by molar-refractivity contribution is -0.0442. The largest absolute Gasteiger partial charge is 0.388 e. The van der Waals surface area contributed by atoms with Gasteiger partial charge in [-0.05, 0) is 11.6 Å². The summed E-state index contributed by atoms with van der Waals surface area (Å²) < 4.78 is 6.85. The lowest BCUT2D eigenvalue weighted by atomic mass is 10.0. The molecule has 2 heterocycles. The molecule has 0 aliphatic carbocycles. The molecule has 1 fully saturated rings. The number of benzene rings is 1. The highest BCUT2D eigenvalue weighted by molar-refractivity contribution is 5.88. The van der Waals surface area contributed by atoms with E-state index in [9.17, 15) is 15.0 Å². The highest BCUT2D eigenvalue weighted by atomic mass is 16.6. The predicted octanol–water partition coefficient (Wildman–Crippen LogP) is -0.961. The van der Waals surface area contributed by atoms with Crippen LogP contribution in [0.5, 0.6) is 0 Å². The third-order valence-corrected chi connectivity index (χ3v) is 3.55. The molecule has 115 valence electrons. The van der Waals surface area contributed by atoms with E-state index in [4.69, 9.17) is 10.5 Å². The van der Waals surface area contributed by atoms with Crippen LogP contribution in [0.15, 0.2) is 30.6 Å². The molecule has 0 spiro atoms. The average Bonchev–Trinajstić information content (AvgIpc) is 3.09. The van der Waals surface area contributed by atoms with E-state index in [0.29, 0.717) is 6.42 Å². The zero-order valence-corrected chi connectivity index (χ0v) is 11.5. The number of amides is 1. The molecular formula is C14H15N4O4. The van der Waals surface area contributed by atoms with Gasteiger partial charge in [0.25, 0.3) is 5.91 Å². The normalized spacial score (nSPS) is 27.9. The second-order valence-electron chi connectivity index (χ2n) is 5.07. The first-order chi connectivity index (χ1) is 10.6. The molecule has 0 bridgehead atoms. The van der Waals surface area contributed by atoms with Gasteiger partial charge in [-0.1, -0.05) is 24.3 Å². The number of primary amides is 1. The molecule has 0 unspecified atom stereocenters. The van der Waals surface area contributed by atoms with E-state index in [1.54, 1.807) is 12.1 Å². The smallest absolute Gasteiger partial charge is 0.288 e. The number of hydrogen-bond donors (Lipinski definition) is 3. The highest BCUT2D eigenvalue weighted by Crippen LogP contribution is 2.30. The fraction of sp³-hybridized carbons (Fsp3) is 0.357. The van der Waals surface area contributed by atoms with Crippen molar-refractivity contribution in [3.63, 3.8) is 0 Å². The van der Waals surface area contributed by atoms with Crippen LogP contribution >= 0.6 is 0 Å². The number of nitrogens with two attached hydrogens (primary N) is 1. The summed E-state index contributed by atoms with van der Waals surface area (Å²) in [7, 11) is 0. The number of nitrogens with zero attached hydrogens (tertiary/aromatic N) is 3. The van der Waals surface area contributed by atoms with Crippen molar-refractivity contribution >= 4 is 5.91 Å². The Balaban J connectivity index is 1.75. The molecule has 1 radical (unpaired) electrons. The van der Waals surface area contributed by atoms with Gasteiger partial charge in [0.1, 0.15) is 18.5 Å². The minimum Gasteiger partial charge on any atom is -0.388 e. The quantitative estimate of drug-likeness (QED) is 0.668. The summed E-state index contributed by atoms with van der Waals surface area (Å²) in [6, 6.07) is 10.2. The molecule has 1 amide bonds. The summed E-state index contributed by atoms with van der Waals surface area (Å²) >= 11 is 0. The number of carbonyl (C=O) groups excluding carboxylic acids is 1. The first kappa shape index (κ1) is 14.6. The second kappa shape index (κ2) is 5.84. The molecule has 1 aromatic carbocycles. The van der Waals surface area contributed by atoms with Crippen molar-refractivity contribution in [1.29, 1.82) is 0 Å². The minimum absolute atomic E-state index is 0.174.